The number of nitrogen functional groups attached to an aromatic ring is 1. The van der Waals surface area contributed by atoms with Gasteiger partial charge in [0, 0.05) is 23.6 Å². The highest BCUT2D eigenvalue weighted by molar-refractivity contribution is 7.66. The van der Waals surface area contributed by atoms with Crippen LogP contribution in [0, 0.1) is 0 Å². The summed E-state index contributed by atoms with van der Waals surface area (Å²) in [5.74, 6) is 5.31. The van der Waals surface area contributed by atoms with Crippen LogP contribution in [0.1, 0.15) is 12.6 Å². The molecule has 33 heavy (non-hydrogen) atoms. The van der Waals surface area contributed by atoms with Crippen LogP contribution >= 0.6 is 23.5 Å². The van der Waals surface area contributed by atoms with Gasteiger partial charge < -0.3 is 35.3 Å². The van der Waals surface area contributed by atoms with E-state index in [0.717, 1.165) is 16.8 Å². The van der Waals surface area contributed by atoms with E-state index in [0.29, 0.717) is 0 Å². The Kier molecular flexibility index (Phi) is 8.10. The molecule has 1 fully saturated rings. The van der Waals surface area contributed by atoms with E-state index < -0.39 is 72.2 Å². The van der Waals surface area contributed by atoms with Gasteiger partial charge in [-0.15, -0.1) is 0 Å². The average molecular weight is 538 g/mol. The van der Waals surface area contributed by atoms with E-state index in [-0.39, 0.29) is 4.68 Å². The summed E-state index contributed by atoms with van der Waals surface area (Å²) in [5.41, 5.74) is 4.54. The Morgan fingerprint density at radius 2 is 1.88 bits per heavy atom. The smallest absolute Gasteiger partial charge is 0.390 e. The van der Waals surface area contributed by atoms with Crippen LogP contribution in [-0.2, 0) is 31.6 Å². The highest BCUT2D eigenvalue weighted by atomic mass is 31.3. The van der Waals surface area contributed by atoms with Gasteiger partial charge in [-0.25, -0.2) is 18.5 Å². The van der Waals surface area contributed by atoms with Gasteiger partial charge in [-0.05, 0) is 5.53 Å². The van der Waals surface area contributed by atoms with Crippen molar-refractivity contribution in [3.05, 3.63) is 43.5 Å². The SMILES string of the molecule is [N-]=[N+]=NC[C@]1(COP(=O)(O)OP(=O)(O)OP(=O)(O)O)O[C@@H](n2ccc(=O)n(N)c2=O)C[C@@H]1O. The number of nitrogens with zero attached hydrogens (tertiary/aromatic N) is 5. The van der Waals surface area contributed by atoms with E-state index in [1.54, 1.807) is 0 Å². The Hall–Kier alpha value is -1.88. The van der Waals surface area contributed by atoms with Crippen LogP contribution in [0.5, 0.6) is 0 Å². The second-order valence-electron chi connectivity index (χ2n) is 6.36. The topological polar surface area (TPSA) is 308 Å². The summed E-state index contributed by atoms with van der Waals surface area (Å²) in [5, 5.41) is 13.6. The Balaban J connectivity index is 2.27. The first-order valence-electron chi connectivity index (χ1n) is 8.25. The van der Waals surface area contributed by atoms with Crippen molar-refractivity contribution in [3.8, 4) is 0 Å². The summed E-state index contributed by atoms with van der Waals surface area (Å²) in [4.78, 5) is 61.9. The molecular weight excluding hydrogens is 521 g/mol. The van der Waals surface area contributed by atoms with Gasteiger partial charge in [-0.1, -0.05) is 5.11 Å². The zero-order valence-corrected chi connectivity index (χ0v) is 18.7. The minimum atomic E-state index is -5.81. The lowest BCUT2D eigenvalue weighted by molar-refractivity contribution is -0.120. The fourth-order valence-corrected chi connectivity index (χ4v) is 5.74. The molecule has 0 amide bonds. The van der Waals surface area contributed by atoms with Crippen molar-refractivity contribution >= 4 is 23.5 Å². The largest absolute Gasteiger partial charge is 0.490 e. The molecule has 0 saturated carbocycles. The first-order valence-corrected chi connectivity index (χ1v) is 12.8. The molecule has 1 aromatic rings. The van der Waals surface area contributed by atoms with E-state index >= 15 is 0 Å². The molecule has 2 heterocycles. The van der Waals surface area contributed by atoms with Crippen LogP contribution in [0.15, 0.2) is 27.0 Å². The molecule has 0 radical (unpaired) electrons. The number of hydrogen-bond donors (Lipinski definition) is 6. The maximum atomic E-state index is 12.2. The van der Waals surface area contributed by atoms with Crippen LogP contribution in [0.4, 0.5) is 0 Å². The van der Waals surface area contributed by atoms with Crippen molar-refractivity contribution in [2.45, 2.75) is 24.4 Å². The third-order valence-electron chi connectivity index (χ3n) is 4.04. The number of aliphatic hydroxyl groups excluding tert-OH is 1. The molecule has 1 aliphatic rings. The van der Waals surface area contributed by atoms with E-state index in [1.807, 2.05) is 0 Å². The Morgan fingerprint density at radius 3 is 2.45 bits per heavy atom. The number of nitrogens with two attached hydrogens (primary N) is 1. The van der Waals surface area contributed by atoms with Crippen molar-refractivity contribution in [1.82, 2.24) is 9.24 Å². The summed E-state index contributed by atoms with van der Waals surface area (Å²) in [7, 11) is -17.0. The minimum Gasteiger partial charge on any atom is -0.390 e. The zero-order valence-electron chi connectivity index (χ0n) is 16.0. The van der Waals surface area contributed by atoms with E-state index in [4.69, 9.17) is 25.9 Å². The van der Waals surface area contributed by atoms with Crippen LogP contribution in [0.25, 0.3) is 10.4 Å². The number of phosphoric acid groups is 3. The van der Waals surface area contributed by atoms with E-state index in [1.165, 1.54) is 0 Å². The van der Waals surface area contributed by atoms with Gasteiger partial charge >= 0.3 is 29.2 Å². The van der Waals surface area contributed by atoms with Crippen LogP contribution < -0.4 is 17.1 Å². The zero-order chi connectivity index (χ0) is 25.2. The van der Waals surface area contributed by atoms with E-state index in [9.17, 15) is 38.2 Å². The fraction of sp³-hybridized carbons (Fsp3) is 0.600. The molecule has 0 aliphatic carbocycles. The summed E-state index contributed by atoms with van der Waals surface area (Å²) in [6.45, 7) is -1.92. The lowest BCUT2D eigenvalue weighted by atomic mass is 9.98. The molecule has 0 aromatic carbocycles. The predicted molar refractivity (Wildman–Crippen MR) is 102 cm³/mol. The maximum absolute atomic E-state index is 12.2. The molecule has 0 bridgehead atoms. The van der Waals surface area contributed by atoms with Gasteiger partial charge in [-0.2, -0.15) is 13.3 Å². The molecule has 23 heteroatoms. The number of rotatable bonds is 10. The first kappa shape index (κ1) is 27.4. The number of azide groups is 1. The molecule has 1 aromatic heterocycles. The van der Waals surface area contributed by atoms with Crippen molar-refractivity contribution in [1.29, 1.82) is 0 Å². The molecule has 0 spiro atoms. The quantitative estimate of drug-likeness (QED) is 0.0642. The van der Waals surface area contributed by atoms with Crippen molar-refractivity contribution in [2.24, 2.45) is 5.11 Å². The predicted octanol–water partition coefficient (Wildman–Crippen LogP) is -1.60. The molecule has 20 nitrogen and oxygen atoms in total. The monoisotopic (exact) mass is 538 g/mol. The van der Waals surface area contributed by atoms with Gasteiger partial charge in [0.2, 0.25) is 0 Å². The van der Waals surface area contributed by atoms with Crippen LogP contribution in [-0.4, -0.2) is 58.8 Å². The van der Waals surface area contributed by atoms with Gasteiger partial charge in [0.25, 0.3) is 5.56 Å². The highest BCUT2D eigenvalue weighted by Crippen LogP contribution is 2.66. The summed E-state index contributed by atoms with van der Waals surface area (Å²) in [6, 6.07) is 0.899. The molecule has 1 aliphatic heterocycles. The summed E-state index contributed by atoms with van der Waals surface area (Å²) >= 11 is 0. The molecule has 1 saturated heterocycles. The second kappa shape index (κ2) is 9.77. The summed E-state index contributed by atoms with van der Waals surface area (Å²) in [6.07, 6.45) is -2.41. The number of aromatic nitrogens is 2. The maximum Gasteiger partial charge on any atom is 0.490 e. The number of phosphoric ester groups is 1. The van der Waals surface area contributed by atoms with Crippen LogP contribution in [0.2, 0.25) is 0 Å². The lowest BCUT2D eigenvalue weighted by Crippen LogP contribution is -2.47. The first-order chi connectivity index (χ1) is 15.0. The van der Waals surface area contributed by atoms with Crippen molar-refractivity contribution < 1.29 is 56.3 Å². The standard InChI is InChI=1S/C10H17N6O14P3/c11-14-13-4-10(5-27-32(23,24)30-33(25,26)29-31(20,21)22)6(17)3-8(28-10)15-2-1-7(18)16(12)9(15)19/h1-2,6,8,17H,3-5,12H2,(H,23,24)(H,25,26)(H2,20,21,22)/t6-,8+,10+/m0/s1. The van der Waals surface area contributed by atoms with Gasteiger partial charge in [0.1, 0.15) is 11.8 Å². The van der Waals surface area contributed by atoms with Crippen molar-refractivity contribution in [2.75, 3.05) is 19.0 Å². The third-order valence-corrected chi connectivity index (χ3v) is 7.83. The number of ether oxygens (including phenoxy) is 1. The van der Waals surface area contributed by atoms with Crippen molar-refractivity contribution in [3.63, 3.8) is 0 Å². The molecule has 186 valence electrons. The van der Waals surface area contributed by atoms with Gasteiger partial charge in [0.05, 0.1) is 19.3 Å². The van der Waals surface area contributed by atoms with Crippen LogP contribution in [0.3, 0.4) is 0 Å². The van der Waals surface area contributed by atoms with Gasteiger partial charge in [0.15, 0.2) is 0 Å². The van der Waals surface area contributed by atoms with Gasteiger partial charge in [-0.3, -0.25) is 13.9 Å². The normalized spacial score (nSPS) is 26.8. The number of aliphatic hydroxyl groups is 1. The fourth-order valence-electron chi connectivity index (χ4n) is 2.66. The Labute approximate surface area is 181 Å². The van der Waals surface area contributed by atoms with E-state index in [2.05, 4.69) is 23.2 Å². The molecule has 7 N–H and O–H groups in total. The molecule has 5 atom stereocenters. The third kappa shape index (κ3) is 7.05. The minimum absolute atomic E-state index is 0.231. The average Bonchev–Trinajstić information content (AvgIpc) is 2.96. The molecule has 2 rings (SSSR count). The molecular formula is C10H17N6O14P3. The number of hydrogen-bond acceptors (Lipinski definition) is 12. The highest BCUT2D eigenvalue weighted by Gasteiger charge is 2.51. The second-order valence-corrected chi connectivity index (χ2v) is 10.8. The molecule has 2 unspecified atom stereocenters. The summed E-state index contributed by atoms with van der Waals surface area (Å²) < 4.78 is 52.2. The Morgan fingerprint density at radius 1 is 1.24 bits per heavy atom. The Bertz CT molecular complexity index is 1200. The lowest BCUT2D eigenvalue weighted by Gasteiger charge is -2.31.